The Morgan fingerprint density at radius 3 is 3.00 bits per heavy atom. The first-order valence-corrected chi connectivity index (χ1v) is 6.19. The van der Waals surface area contributed by atoms with Gasteiger partial charge < -0.3 is 14.9 Å². The van der Waals surface area contributed by atoms with E-state index in [0.29, 0.717) is 18.2 Å². The molecule has 0 aliphatic carbocycles. The number of hydrogen-bond donors (Lipinski definition) is 1. The molecular weight excluding hydrogens is 240 g/mol. The molecule has 1 aliphatic rings. The Morgan fingerprint density at radius 2 is 2.05 bits per heavy atom. The van der Waals surface area contributed by atoms with E-state index in [0.717, 1.165) is 22.4 Å². The highest BCUT2D eigenvalue weighted by Crippen LogP contribution is 2.38. The maximum Gasteiger partial charge on any atom is 0.206 e. The summed E-state index contributed by atoms with van der Waals surface area (Å²) in [7, 11) is 0. The maximum atomic E-state index is 5.82. The third kappa shape index (κ3) is 1.57. The fraction of sp³-hybridized carbons (Fsp3) is 0.133. The summed E-state index contributed by atoms with van der Waals surface area (Å²) in [5.74, 6) is 1.66. The molecule has 0 radical (unpaired) electrons. The summed E-state index contributed by atoms with van der Waals surface area (Å²) >= 11 is 0. The number of para-hydroxylation sites is 1. The van der Waals surface area contributed by atoms with Crippen LogP contribution >= 0.6 is 0 Å². The number of rotatable bonds is 1. The number of benzene rings is 2. The summed E-state index contributed by atoms with van der Waals surface area (Å²) < 4.78 is 11.5. The standard InChI is InChI=1S/C15H12N2O2/c16-9-5-6-14-12(7-9)17-15(19-14)11-8-18-13-4-2-1-3-10(11)13/h1-7,11H,8,16H2. The molecule has 0 amide bonds. The van der Waals surface area contributed by atoms with E-state index in [4.69, 9.17) is 14.9 Å². The Balaban J connectivity index is 1.83. The minimum atomic E-state index is 0.0600. The van der Waals surface area contributed by atoms with Crippen LogP contribution in [-0.2, 0) is 0 Å². The van der Waals surface area contributed by atoms with E-state index < -0.39 is 0 Å². The molecule has 94 valence electrons. The van der Waals surface area contributed by atoms with Crippen molar-refractivity contribution in [2.45, 2.75) is 5.92 Å². The van der Waals surface area contributed by atoms with Gasteiger partial charge in [-0.1, -0.05) is 18.2 Å². The SMILES string of the molecule is Nc1ccc2oc(C3COc4ccccc43)nc2c1. The third-order valence-corrected chi connectivity index (χ3v) is 3.43. The van der Waals surface area contributed by atoms with Gasteiger partial charge in [0.15, 0.2) is 5.58 Å². The highest BCUT2D eigenvalue weighted by Gasteiger charge is 2.29. The predicted molar refractivity (Wildman–Crippen MR) is 72.2 cm³/mol. The van der Waals surface area contributed by atoms with E-state index in [2.05, 4.69) is 11.1 Å². The fourth-order valence-electron chi connectivity index (χ4n) is 2.48. The molecule has 0 fully saturated rings. The van der Waals surface area contributed by atoms with E-state index in [9.17, 15) is 0 Å². The zero-order valence-electron chi connectivity index (χ0n) is 10.2. The van der Waals surface area contributed by atoms with E-state index in [1.807, 2.05) is 36.4 Å². The lowest BCUT2D eigenvalue weighted by atomic mass is 10.0. The van der Waals surface area contributed by atoms with Gasteiger partial charge in [0, 0.05) is 11.3 Å². The monoisotopic (exact) mass is 252 g/mol. The number of nitrogens with zero attached hydrogens (tertiary/aromatic N) is 1. The molecule has 1 aromatic heterocycles. The number of anilines is 1. The summed E-state index contributed by atoms with van der Waals surface area (Å²) in [4.78, 5) is 4.53. The Bertz CT molecular complexity index is 764. The summed E-state index contributed by atoms with van der Waals surface area (Å²) in [6.07, 6.45) is 0. The number of oxazole rings is 1. The van der Waals surface area contributed by atoms with Crippen molar-refractivity contribution in [1.29, 1.82) is 0 Å². The van der Waals surface area contributed by atoms with Gasteiger partial charge in [-0.05, 0) is 24.3 Å². The van der Waals surface area contributed by atoms with Crippen LogP contribution in [0.25, 0.3) is 11.1 Å². The number of ether oxygens (including phenoxy) is 1. The van der Waals surface area contributed by atoms with Gasteiger partial charge >= 0.3 is 0 Å². The first kappa shape index (κ1) is 10.4. The van der Waals surface area contributed by atoms with Gasteiger partial charge in [-0.2, -0.15) is 0 Å². The zero-order valence-corrected chi connectivity index (χ0v) is 10.2. The zero-order chi connectivity index (χ0) is 12.8. The lowest BCUT2D eigenvalue weighted by Gasteiger charge is -2.02. The Morgan fingerprint density at radius 1 is 1.16 bits per heavy atom. The van der Waals surface area contributed by atoms with E-state index in [1.54, 1.807) is 0 Å². The summed E-state index contributed by atoms with van der Waals surface area (Å²) in [5.41, 5.74) is 9.12. The van der Waals surface area contributed by atoms with Crippen molar-refractivity contribution in [2.24, 2.45) is 0 Å². The molecule has 0 bridgehead atoms. The average Bonchev–Trinajstić information content (AvgIpc) is 3.00. The van der Waals surface area contributed by atoms with Gasteiger partial charge in [-0.3, -0.25) is 0 Å². The molecule has 1 atom stereocenters. The van der Waals surface area contributed by atoms with Crippen molar-refractivity contribution in [3.8, 4) is 5.75 Å². The van der Waals surface area contributed by atoms with Crippen LogP contribution in [0.1, 0.15) is 17.4 Å². The van der Waals surface area contributed by atoms with Gasteiger partial charge in [0.1, 0.15) is 17.9 Å². The first-order valence-electron chi connectivity index (χ1n) is 6.19. The summed E-state index contributed by atoms with van der Waals surface area (Å²) in [5, 5.41) is 0. The van der Waals surface area contributed by atoms with Gasteiger partial charge in [-0.25, -0.2) is 4.98 Å². The van der Waals surface area contributed by atoms with Crippen molar-refractivity contribution in [3.63, 3.8) is 0 Å². The average molecular weight is 252 g/mol. The smallest absolute Gasteiger partial charge is 0.206 e. The van der Waals surface area contributed by atoms with Crippen LogP contribution in [0, 0.1) is 0 Å². The minimum absolute atomic E-state index is 0.0600. The lowest BCUT2D eigenvalue weighted by molar-refractivity contribution is 0.327. The highest BCUT2D eigenvalue weighted by molar-refractivity contribution is 5.76. The van der Waals surface area contributed by atoms with Crippen molar-refractivity contribution in [3.05, 3.63) is 53.9 Å². The Labute approximate surface area is 109 Å². The molecule has 1 unspecified atom stereocenters. The first-order chi connectivity index (χ1) is 9.31. The van der Waals surface area contributed by atoms with E-state index in [1.165, 1.54) is 0 Å². The molecule has 0 saturated heterocycles. The second kappa shape index (κ2) is 3.75. The van der Waals surface area contributed by atoms with Crippen LogP contribution in [0.15, 0.2) is 46.9 Å². The van der Waals surface area contributed by atoms with Crippen molar-refractivity contribution in [2.75, 3.05) is 12.3 Å². The number of hydrogen-bond acceptors (Lipinski definition) is 4. The molecule has 3 aromatic rings. The second-order valence-corrected chi connectivity index (χ2v) is 4.68. The van der Waals surface area contributed by atoms with Crippen LogP contribution in [0.3, 0.4) is 0 Å². The summed E-state index contributed by atoms with van der Waals surface area (Å²) in [6, 6.07) is 13.5. The molecule has 4 nitrogen and oxygen atoms in total. The molecule has 2 heterocycles. The van der Waals surface area contributed by atoms with Crippen LogP contribution in [0.4, 0.5) is 5.69 Å². The normalized spacial score (nSPS) is 17.4. The van der Waals surface area contributed by atoms with Crippen molar-refractivity contribution < 1.29 is 9.15 Å². The van der Waals surface area contributed by atoms with Crippen molar-refractivity contribution in [1.82, 2.24) is 4.98 Å². The van der Waals surface area contributed by atoms with Gasteiger partial charge in [0.05, 0.1) is 5.92 Å². The molecule has 0 saturated carbocycles. The fourth-order valence-corrected chi connectivity index (χ4v) is 2.48. The van der Waals surface area contributed by atoms with Gasteiger partial charge in [0.2, 0.25) is 5.89 Å². The molecule has 2 N–H and O–H groups in total. The number of aromatic nitrogens is 1. The largest absolute Gasteiger partial charge is 0.492 e. The molecule has 4 heteroatoms. The van der Waals surface area contributed by atoms with Gasteiger partial charge in [-0.15, -0.1) is 0 Å². The third-order valence-electron chi connectivity index (χ3n) is 3.43. The van der Waals surface area contributed by atoms with Crippen LogP contribution in [0.2, 0.25) is 0 Å². The molecule has 1 aliphatic heterocycles. The molecule has 0 spiro atoms. The quantitative estimate of drug-likeness (QED) is 0.676. The van der Waals surface area contributed by atoms with Crippen LogP contribution < -0.4 is 10.5 Å². The van der Waals surface area contributed by atoms with Crippen LogP contribution in [-0.4, -0.2) is 11.6 Å². The van der Waals surface area contributed by atoms with E-state index in [-0.39, 0.29) is 5.92 Å². The molecule has 4 rings (SSSR count). The minimum Gasteiger partial charge on any atom is -0.492 e. The van der Waals surface area contributed by atoms with Gasteiger partial charge in [0.25, 0.3) is 0 Å². The van der Waals surface area contributed by atoms with E-state index >= 15 is 0 Å². The number of nitrogens with two attached hydrogens (primary N) is 1. The Hall–Kier alpha value is -2.49. The lowest BCUT2D eigenvalue weighted by Crippen LogP contribution is -2.02. The number of fused-ring (bicyclic) bond motifs is 2. The highest BCUT2D eigenvalue weighted by atomic mass is 16.5. The molecular formula is C15H12N2O2. The molecule has 19 heavy (non-hydrogen) atoms. The predicted octanol–water partition coefficient (Wildman–Crippen LogP) is 2.93. The number of nitrogen functional groups attached to an aromatic ring is 1. The topological polar surface area (TPSA) is 61.3 Å². The molecule has 2 aromatic carbocycles. The van der Waals surface area contributed by atoms with Crippen molar-refractivity contribution >= 4 is 16.8 Å². The Kier molecular flexibility index (Phi) is 2.06. The second-order valence-electron chi connectivity index (χ2n) is 4.68. The van der Waals surface area contributed by atoms with Crippen LogP contribution in [0.5, 0.6) is 5.75 Å². The summed E-state index contributed by atoms with van der Waals surface area (Å²) in [6.45, 7) is 0.571. The maximum absolute atomic E-state index is 5.82.